The highest BCUT2D eigenvalue weighted by atomic mass is 32.2. The van der Waals surface area contributed by atoms with Crippen molar-refractivity contribution in [1.82, 2.24) is 29.8 Å². The van der Waals surface area contributed by atoms with E-state index in [4.69, 9.17) is 0 Å². The summed E-state index contributed by atoms with van der Waals surface area (Å²) in [5.74, 6) is 2.26. The lowest BCUT2D eigenvalue weighted by Gasteiger charge is -2.12. The molecule has 0 saturated heterocycles. The fraction of sp³-hybridized carbons (Fsp3) is 0.714. The zero-order valence-corrected chi connectivity index (χ0v) is 14.3. The second-order valence-electron chi connectivity index (χ2n) is 5.68. The standard InChI is InChI=1S/C14H24N6S/c1-6-7-20-13(16-17-18-20)9-21-14-15-11(4)12(5)19(14)8-10(2)3/h10H,6-9H2,1-5H3. The Kier molecular flexibility index (Phi) is 5.39. The summed E-state index contributed by atoms with van der Waals surface area (Å²) >= 11 is 1.71. The van der Waals surface area contributed by atoms with Gasteiger partial charge in [-0.2, -0.15) is 0 Å². The minimum Gasteiger partial charge on any atom is -0.323 e. The normalized spacial score (nSPS) is 11.5. The lowest BCUT2D eigenvalue weighted by Crippen LogP contribution is -2.08. The Bertz CT molecular complexity index is 586. The van der Waals surface area contributed by atoms with Gasteiger partial charge in [0, 0.05) is 18.8 Å². The molecule has 0 unspecified atom stereocenters. The summed E-state index contributed by atoms with van der Waals surface area (Å²) in [4.78, 5) is 4.69. The first-order chi connectivity index (χ1) is 10.0. The van der Waals surface area contributed by atoms with E-state index in [0.29, 0.717) is 5.92 Å². The topological polar surface area (TPSA) is 61.4 Å². The van der Waals surface area contributed by atoms with Crippen molar-refractivity contribution in [2.75, 3.05) is 0 Å². The Morgan fingerprint density at radius 1 is 1.24 bits per heavy atom. The summed E-state index contributed by atoms with van der Waals surface area (Å²) in [7, 11) is 0. The average molecular weight is 308 g/mol. The third-order valence-corrected chi connectivity index (χ3v) is 4.31. The van der Waals surface area contributed by atoms with E-state index in [-0.39, 0.29) is 0 Å². The largest absolute Gasteiger partial charge is 0.323 e. The lowest BCUT2D eigenvalue weighted by molar-refractivity contribution is 0.486. The second kappa shape index (κ2) is 7.06. The maximum absolute atomic E-state index is 4.69. The van der Waals surface area contributed by atoms with Crippen molar-refractivity contribution in [1.29, 1.82) is 0 Å². The minimum atomic E-state index is 0.599. The molecular formula is C14H24N6S. The molecule has 0 saturated carbocycles. The van der Waals surface area contributed by atoms with E-state index in [9.17, 15) is 0 Å². The zero-order chi connectivity index (χ0) is 15.4. The van der Waals surface area contributed by atoms with Gasteiger partial charge in [0.1, 0.15) is 0 Å². The van der Waals surface area contributed by atoms with Crippen LogP contribution < -0.4 is 0 Å². The molecule has 0 fully saturated rings. The van der Waals surface area contributed by atoms with Crippen molar-refractivity contribution in [2.45, 2.75) is 65.0 Å². The predicted octanol–water partition coefficient (Wildman–Crippen LogP) is 2.84. The molecule has 2 aromatic rings. The van der Waals surface area contributed by atoms with Crippen molar-refractivity contribution < 1.29 is 0 Å². The van der Waals surface area contributed by atoms with Gasteiger partial charge in [-0.25, -0.2) is 9.67 Å². The van der Waals surface area contributed by atoms with Gasteiger partial charge in [0.15, 0.2) is 11.0 Å². The second-order valence-corrected chi connectivity index (χ2v) is 6.62. The van der Waals surface area contributed by atoms with E-state index in [1.54, 1.807) is 11.8 Å². The number of hydrogen-bond acceptors (Lipinski definition) is 5. The molecule has 2 aromatic heterocycles. The van der Waals surface area contributed by atoms with E-state index < -0.39 is 0 Å². The first-order valence-electron chi connectivity index (χ1n) is 7.44. The molecule has 0 aromatic carbocycles. The fourth-order valence-corrected chi connectivity index (χ4v) is 3.19. The van der Waals surface area contributed by atoms with Crippen LogP contribution in [0.15, 0.2) is 5.16 Å². The third kappa shape index (κ3) is 3.84. The maximum atomic E-state index is 4.69. The Hall–Kier alpha value is -1.37. The van der Waals surface area contributed by atoms with E-state index in [1.165, 1.54) is 5.69 Å². The van der Waals surface area contributed by atoms with Crippen molar-refractivity contribution in [2.24, 2.45) is 5.92 Å². The predicted molar refractivity (Wildman–Crippen MR) is 84.2 cm³/mol. The van der Waals surface area contributed by atoms with Crippen LogP contribution in [0, 0.1) is 19.8 Å². The van der Waals surface area contributed by atoms with Crippen LogP contribution in [0.2, 0.25) is 0 Å². The third-order valence-electron chi connectivity index (χ3n) is 3.34. The number of imidazole rings is 1. The summed E-state index contributed by atoms with van der Waals surface area (Å²) in [6.07, 6.45) is 1.03. The summed E-state index contributed by atoms with van der Waals surface area (Å²) in [5, 5.41) is 13.0. The fourth-order valence-electron chi connectivity index (χ4n) is 2.16. The van der Waals surface area contributed by atoms with Crippen LogP contribution in [0.25, 0.3) is 0 Å². The summed E-state index contributed by atoms with van der Waals surface area (Å²) < 4.78 is 4.18. The molecule has 21 heavy (non-hydrogen) atoms. The summed E-state index contributed by atoms with van der Waals surface area (Å²) in [6.45, 7) is 12.6. The SMILES string of the molecule is CCCn1nnnc1CSc1nc(C)c(C)n1CC(C)C. The van der Waals surface area contributed by atoms with Crippen LogP contribution in [0.4, 0.5) is 0 Å². The van der Waals surface area contributed by atoms with E-state index in [0.717, 1.165) is 41.9 Å². The van der Waals surface area contributed by atoms with Gasteiger partial charge in [-0.1, -0.05) is 32.5 Å². The quantitative estimate of drug-likeness (QED) is 0.736. The highest BCUT2D eigenvalue weighted by Crippen LogP contribution is 2.25. The molecule has 0 radical (unpaired) electrons. The molecule has 2 heterocycles. The van der Waals surface area contributed by atoms with E-state index in [2.05, 4.69) is 59.7 Å². The molecule has 116 valence electrons. The van der Waals surface area contributed by atoms with Crippen LogP contribution in [0.1, 0.15) is 44.4 Å². The number of tetrazole rings is 1. The molecule has 2 rings (SSSR count). The smallest absolute Gasteiger partial charge is 0.168 e. The number of aromatic nitrogens is 6. The molecule has 0 aliphatic heterocycles. The van der Waals surface area contributed by atoms with Gasteiger partial charge in [-0.3, -0.25) is 0 Å². The highest BCUT2D eigenvalue weighted by Gasteiger charge is 2.14. The average Bonchev–Trinajstić information content (AvgIpc) is 2.96. The Balaban J connectivity index is 2.12. The van der Waals surface area contributed by atoms with Crippen LogP contribution in [-0.4, -0.2) is 29.8 Å². The van der Waals surface area contributed by atoms with Gasteiger partial charge < -0.3 is 4.57 Å². The van der Waals surface area contributed by atoms with Crippen LogP contribution in [-0.2, 0) is 18.8 Å². The van der Waals surface area contributed by atoms with E-state index >= 15 is 0 Å². The molecule has 0 aliphatic carbocycles. The number of aryl methyl sites for hydroxylation is 2. The molecular weight excluding hydrogens is 284 g/mol. The molecule has 0 bridgehead atoms. The van der Waals surface area contributed by atoms with Crippen LogP contribution >= 0.6 is 11.8 Å². The highest BCUT2D eigenvalue weighted by molar-refractivity contribution is 7.98. The summed E-state index contributed by atoms with van der Waals surface area (Å²) in [6, 6.07) is 0. The van der Waals surface area contributed by atoms with Crippen molar-refractivity contribution >= 4 is 11.8 Å². The number of rotatable bonds is 7. The molecule has 0 atom stereocenters. The molecule has 6 nitrogen and oxygen atoms in total. The maximum Gasteiger partial charge on any atom is 0.168 e. The van der Waals surface area contributed by atoms with Gasteiger partial charge in [0.25, 0.3) is 0 Å². The molecule has 0 N–H and O–H groups in total. The van der Waals surface area contributed by atoms with Gasteiger partial charge in [-0.05, 0) is 36.6 Å². The Labute approximate surface area is 130 Å². The van der Waals surface area contributed by atoms with Gasteiger partial charge in [0.05, 0.1) is 11.4 Å². The monoisotopic (exact) mass is 308 g/mol. The minimum absolute atomic E-state index is 0.599. The van der Waals surface area contributed by atoms with Crippen LogP contribution in [0.5, 0.6) is 0 Å². The molecule has 0 amide bonds. The van der Waals surface area contributed by atoms with Crippen molar-refractivity contribution in [3.05, 3.63) is 17.2 Å². The Morgan fingerprint density at radius 3 is 2.67 bits per heavy atom. The zero-order valence-electron chi connectivity index (χ0n) is 13.5. The van der Waals surface area contributed by atoms with Crippen LogP contribution in [0.3, 0.4) is 0 Å². The molecule has 0 aliphatic rings. The van der Waals surface area contributed by atoms with Crippen molar-refractivity contribution in [3.8, 4) is 0 Å². The first-order valence-corrected chi connectivity index (χ1v) is 8.43. The van der Waals surface area contributed by atoms with Gasteiger partial charge in [-0.15, -0.1) is 5.10 Å². The number of thioether (sulfide) groups is 1. The summed E-state index contributed by atoms with van der Waals surface area (Å²) in [5.41, 5.74) is 2.35. The van der Waals surface area contributed by atoms with Gasteiger partial charge >= 0.3 is 0 Å². The number of hydrogen-bond donors (Lipinski definition) is 0. The number of nitrogens with zero attached hydrogens (tertiary/aromatic N) is 6. The molecule has 7 heteroatoms. The van der Waals surface area contributed by atoms with Gasteiger partial charge in [0.2, 0.25) is 0 Å². The van der Waals surface area contributed by atoms with Crippen molar-refractivity contribution in [3.63, 3.8) is 0 Å². The first kappa shape index (κ1) is 16.0. The lowest BCUT2D eigenvalue weighted by atomic mass is 10.2. The van der Waals surface area contributed by atoms with E-state index in [1.807, 2.05) is 4.68 Å². The Morgan fingerprint density at radius 2 is 2.00 bits per heavy atom. The molecule has 0 spiro atoms.